The summed E-state index contributed by atoms with van der Waals surface area (Å²) < 4.78 is 0. The average molecular weight is 374 g/mol. The molecule has 0 heterocycles. The van der Waals surface area contributed by atoms with Crippen molar-refractivity contribution in [3.05, 3.63) is 35.4 Å². The second kappa shape index (κ2) is 6.68. The van der Waals surface area contributed by atoms with Gasteiger partial charge >= 0.3 is 5.97 Å². The summed E-state index contributed by atoms with van der Waals surface area (Å²) in [4.78, 5) is 24.9. The minimum absolute atomic E-state index is 0.0638. The standard InChI is InChI=1S/C21H26O6/c1-20(2)15-7-8-21(19(26)27,10-12(15)3-6-18(20)25)11-17(24)14-9-13(22)4-5-16(14)23/h3-5,9,15,18,22-23,25H,6-8,10-11H2,1-2H3,(H,26,27)/t15-,18+,21-/m1/s1. The van der Waals surface area contributed by atoms with Crippen molar-refractivity contribution < 1.29 is 30.0 Å². The first kappa shape index (κ1) is 19.4. The zero-order valence-electron chi connectivity index (χ0n) is 15.6. The number of carbonyl (C=O) groups excluding carboxylic acids is 1. The van der Waals surface area contributed by atoms with Gasteiger partial charge in [-0.25, -0.2) is 0 Å². The lowest BCUT2D eigenvalue weighted by Crippen LogP contribution is -2.46. The molecular formula is C21H26O6. The maximum atomic E-state index is 12.7. The third-order valence-corrected chi connectivity index (χ3v) is 6.50. The normalized spacial score (nSPS) is 29.5. The van der Waals surface area contributed by atoms with E-state index in [0.717, 1.165) is 11.6 Å². The number of hydrogen-bond donors (Lipinski definition) is 4. The smallest absolute Gasteiger partial charge is 0.310 e. The first-order valence-corrected chi connectivity index (χ1v) is 9.22. The number of benzene rings is 1. The molecule has 27 heavy (non-hydrogen) atoms. The van der Waals surface area contributed by atoms with Crippen LogP contribution in [-0.2, 0) is 4.79 Å². The molecule has 2 aliphatic carbocycles. The van der Waals surface area contributed by atoms with Crippen LogP contribution in [-0.4, -0.2) is 38.3 Å². The van der Waals surface area contributed by atoms with E-state index in [2.05, 4.69) is 0 Å². The van der Waals surface area contributed by atoms with Crippen LogP contribution in [0.25, 0.3) is 0 Å². The summed E-state index contributed by atoms with van der Waals surface area (Å²) in [6, 6.07) is 3.66. The van der Waals surface area contributed by atoms with Gasteiger partial charge in [-0.05, 0) is 55.2 Å². The number of carboxylic acids is 1. The topological polar surface area (TPSA) is 115 Å². The van der Waals surface area contributed by atoms with Gasteiger partial charge in [-0.15, -0.1) is 0 Å². The lowest BCUT2D eigenvalue weighted by molar-refractivity contribution is -0.151. The number of carboxylic acid groups (broad SMARTS) is 1. The van der Waals surface area contributed by atoms with Gasteiger partial charge in [0.05, 0.1) is 17.1 Å². The number of aliphatic hydroxyl groups is 1. The average Bonchev–Trinajstić information content (AvgIpc) is 2.60. The Bertz CT molecular complexity index is 809. The summed E-state index contributed by atoms with van der Waals surface area (Å²) in [5.41, 5.74) is -0.643. The van der Waals surface area contributed by atoms with Crippen molar-refractivity contribution in [3.63, 3.8) is 0 Å². The molecule has 0 aliphatic heterocycles. The Morgan fingerprint density at radius 2 is 1.93 bits per heavy atom. The molecule has 1 aromatic carbocycles. The number of aliphatic carboxylic acids is 1. The number of rotatable bonds is 4. The molecule has 0 bridgehead atoms. The van der Waals surface area contributed by atoms with E-state index in [1.165, 1.54) is 12.1 Å². The zero-order chi connectivity index (χ0) is 20.0. The minimum Gasteiger partial charge on any atom is -0.508 e. The molecule has 1 fully saturated rings. The Morgan fingerprint density at radius 1 is 1.22 bits per heavy atom. The van der Waals surface area contributed by atoms with Crippen molar-refractivity contribution in [3.8, 4) is 11.5 Å². The number of phenolic OH excluding ortho intramolecular Hbond substituents is 2. The van der Waals surface area contributed by atoms with Crippen molar-refractivity contribution in [1.29, 1.82) is 0 Å². The highest BCUT2D eigenvalue weighted by molar-refractivity contribution is 6.01. The first-order valence-electron chi connectivity index (χ1n) is 9.22. The van der Waals surface area contributed by atoms with Crippen molar-refractivity contribution in [2.75, 3.05) is 0 Å². The summed E-state index contributed by atoms with van der Waals surface area (Å²) in [5, 5.41) is 39.8. The summed E-state index contributed by atoms with van der Waals surface area (Å²) in [5.74, 6) is -1.86. The maximum absolute atomic E-state index is 12.7. The van der Waals surface area contributed by atoms with Gasteiger partial charge in [0.25, 0.3) is 0 Å². The van der Waals surface area contributed by atoms with Gasteiger partial charge in [0.2, 0.25) is 0 Å². The van der Waals surface area contributed by atoms with Crippen LogP contribution in [0, 0.1) is 16.7 Å². The molecule has 6 nitrogen and oxygen atoms in total. The molecule has 146 valence electrons. The highest BCUT2D eigenvalue weighted by Gasteiger charge is 2.51. The molecule has 0 unspecified atom stereocenters. The number of Topliss-reactive ketones (excluding diaryl/α,β-unsaturated/α-hetero) is 1. The second-order valence-electron chi connectivity index (χ2n) is 8.51. The fourth-order valence-corrected chi connectivity index (χ4v) is 4.63. The Labute approximate surface area is 158 Å². The van der Waals surface area contributed by atoms with E-state index in [1.54, 1.807) is 0 Å². The molecule has 2 aliphatic rings. The van der Waals surface area contributed by atoms with E-state index < -0.39 is 23.3 Å². The van der Waals surface area contributed by atoms with Crippen LogP contribution >= 0.6 is 0 Å². The predicted molar refractivity (Wildman–Crippen MR) is 98.6 cm³/mol. The van der Waals surface area contributed by atoms with Gasteiger partial charge in [-0.3, -0.25) is 9.59 Å². The zero-order valence-corrected chi connectivity index (χ0v) is 15.6. The molecule has 1 aromatic rings. The largest absolute Gasteiger partial charge is 0.508 e. The quantitative estimate of drug-likeness (QED) is 0.365. The van der Waals surface area contributed by atoms with E-state index in [-0.39, 0.29) is 41.2 Å². The number of hydrogen-bond acceptors (Lipinski definition) is 5. The number of aromatic hydroxyl groups is 2. The van der Waals surface area contributed by atoms with Gasteiger partial charge < -0.3 is 20.4 Å². The number of carbonyl (C=O) groups is 2. The van der Waals surface area contributed by atoms with E-state index in [0.29, 0.717) is 19.3 Å². The van der Waals surface area contributed by atoms with E-state index >= 15 is 0 Å². The minimum atomic E-state index is -1.24. The Balaban J connectivity index is 1.89. The number of aliphatic hydroxyl groups excluding tert-OH is 1. The third kappa shape index (κ3) is 3.34. The lowest BCUT2D eigenvalue weighted by atomic mass is 9.56. The lowest BCUT2D eigenvalue weighted by Gasteiger charge is -2.49. The van der Waals surface area contributed by atoms with Crippen molar-refractivity contribution >= 4 is 11.8 Å². The maximum Gasteiger partial charge on any atom is 0.310 e. The van der Waals surface area contributed by atoms with Crippen molar-refractivity contribution in [2.24, 2.45) is 16.7 Å². The molecule has 0 amide bonds. The van der Waals surface area contributed by atoms with Crippen LogP contribution in [0.2, 0.25) is 0 Å². The van der Waals surface area contributed by atoms with Crippen LogP contribution in [0.15, 0.2) is 29.8 Å². The number of allylic oxidation sites excluding steroid dienone is 1. The number of ketones is 1. The molecule has 4 N–H and O–H groups in total. The molecule has 1 saturated carbocycles. The van der Waals surface area contributed by atoms with E-state index in [4.69, 9.17) is 0 Å². The van der Waals surface area contributed by atoms with E-state index in [9.17, 15) is 30.0 Å². The Kier molecular flexibility index (Phi) is 4.80. The Hall–Kier alpha value is -2.34. The van der Waals surface area contributed by atoms with Gasteiger partial charge in [-0.1, -0.05) is 25.5 Å². The fraction of sp³-hybridized carbons (Fsp3) is 0.524. The van der Waals surface area contributed by atoms with Crippen LogP contribution in [0.3, 0.4) is 0 Å². The molecule has 0 spiro atoms. The van der Waals surface area contributed by atoms with Crippen LogP contribution < -0.4 is 0 Å². The molecule has 0 aromatic heterocycles. The number of phenols is 2. The van der Waals surface area contributed by atoms with E-state index in [1.807, 2.05) is 19.9 Å². The van der Waals surface area contributed by atoms with Crippen LogP contribution in [0.4, 0.5) is 0 Å². The molecule has 3 rings (SSSR count). The SMILES string of the molecule is CC1(C)[C@@H]2CC[C@@](CC(=O)c3cc(O)ccc3O)(C(=O)O)CC2=CC[C@@H]1O. The monoisotopic (exact) mass is 374 g/mol. The summed E-state index contributed by atoms with van der Waals surface area (Å²) >= 11 is 0. The fourth-order valence-electron chi connectivity index (χ4n) is 4.63. The molecule has 0 saturated heterocycles. The third-order valence-electron chi connectivity index (χ3n) is 6.50. The van der Waals surface area contributed by atoms with Crippen LogP contribution in [0.5, 0.6) is 11.5 Å². The summed E-state index contributed by atoms with van der Waals surface area (Å²) in [7, 11) is 0. The van der Waals surface area contributed by atoms with Crippen LogP contribution in [0.1, 0.15) is 56.3 Å². The van der Waals surface area contributed by atoms with Crippen molar-refractivity contribution in [1.82, 2.24) is 0 Å². The highest BCUT2D eigenvalue weighted by Crippen LogP contribution is 2.54. The first-order chi connectivity index (χ1) is 12.6. The van der Waals surface area contributed by atoms with Gasteiger partial charge in [-0.2, -0.15) is 0 Å². The molecular weight excluding hydrogens is 348 g/mol. The Morgan fingerprint density at radius 3 is 2.59 bits per heavy atom. The molecule has 6 heteroatoms. The summed E-state index contributed by atoms with van der Waals surface area (Å²) in [6.45, 7) is 4.00. The number of fused-ring (bicyclic) bond motifs is 1. The highest BCUT2D eigenvalue weighted by atomic mass is 16.4. The van der Waals surface area contributed by atoms with Gasteiger partial charge in [0.1, 0.15) is 11.5 Å². The van der Waals surface area contributed by atoms with Crippen molar-refractivity contribution in [2.45, 2.75) is 52.1 Å². The summed E-state index contributed by atoms with van der Waals surface area (Å²) in [6.07, 6.45) is 2.87. The second-order valence-corrected chi connectivity index (χ2v) is 8.51. The molecule has 0 radical (unpaired) electrons. The molecule has 3 atom stereocenters. The predicted octanol–water partition coefficient (Wildman–Crippen LogP) is 3.26. The van der Waals surface area contributed by atoms with Gasteiger partial charge in [0.15, 0.2) is 5.78 Å². The van der Waals surface area contributed by atoms with Gasteiger partial charge in [0, 0.05) is 6.42 Å².